The van der Waals surface area contributed by atoms with Crippen LogP contribution in [-0.4, -0.2) is 37.0 Å². The minimum atomic E-state index is -1.56. The second kappa shape index (κ2) is 6.47. The highest BCUT2D eigenvalue weighted by Gasteiger charge is 2.70. The monoisotopic (exact) mass is 333 g/mol. The summed E-state index contributed by atoms with van der Waals surface area (Å²) in [4.78, 5) is 27.0. The summed E-state index contributed by atoms with van der Waals surface area (Å²) in [5.41, 5.74) is 0.299. The molecule has 2 rings (SSSR count). The number of amides is 1. The first kappa shape index (κ1) is 17.7. The van der Waals surface area contributed by atoms with Crippen molar-refractivity contribution in [3.63, 3.8) is 0 Å². The molecule has 0 N–H and O–H groups in total. The standard InChI is InChI=1S/C18H27NO3Si/c1-6-15(20)18(13-23(3,4)5)16(14-11-9-8-10-12-14)19(18)17(21)22-7-2/h8-12,16H,6-7,13H2,1-5H3. The van der Waals surface area contributed by atoms with Crippen LogP contribution in [0.5, 0.6) is 0 Å². The van der Waals surface area contributed by atoms with Gasteiger partial charge in [-0.15, -0.1) is 0 Å². The first-order valence-corrected chi connectivity index (χ1v) is 12.0. The van der Waals surface area contributed by atoms with E-state index in [2.05, 4.69) is 19.6 Å². The van der Waals surface area contributed by atoms with Gasteiger partial charge in [-0.05, 0) is 18.5 Å². The summed E-state index contributed by atoms with van der Waals surface area (Å²) in [6.07, 6.45) is 0.0605. The van der Waals surface area contributed by atoms with Gasteiger partial charge >= 0.3 is 6.09 Å². The van der Waals surface area contributed by atoms with Crippen LogP contribution in [0.4, 0.5) is 4.79 Å². The van der Waals surface area contributed by atoms with Crippen molar-refractivity contribution in [2.45, 2.75) is 57.5 Å². The van der Waals surface area contributed by atoms with Crippen LogP contribution in [0.1, 0.15) is 31.9 Å². The number of rotatable bonds is 6. The van der Waals surface area contributed by atoms with E-state index in [4.69, 9.17) is 4.74 Å². The number of hydrogen-bond acceptors (Lipinski definition) is 3. The molecule has 126 valence electrons. The molecule has 0 aromatic heterocycles. The quantitative estimate of drug-likeness (QED) is 0.577. The van der Waals surface area contributed by atoms with E-state index in [1.807, 2.05) is 37.3 Å². The van der Waals surface area contributed by atoms with E-state index in [0.717, 1.165) is 11.6 Å². The second-order valence-corrected chi connectivity index (χ2v) is 12.8. The van der Waals surface area contributed by atoms with Crippen LogP contribution < -0.4 is 0 Å². The predicted molar refractivity (Wildman–Crippen MR) is 94.2 cm³/mol. The molecule has 0 bridgehead atoms. The third kappa shape index (κ3) is 3.34. The summed E-state index contributed by atoms with van der Waals surface area (Å²) in [6, 6.07) is 10.4. The van der Waals surface area contributed by atoms with Gasteiger partial charge in [0.25, 0.3) is 0 Å². The lowest BCUT2D eigenvalue weighted by molar-refractivity contribution is -0.121. The molecule has 1 amide bonds. The molecule has 4 nitrogen and oxygen atoms in total. The first-order chi connectivity index (χ1) is 10.8. The molecule has 1 fully saturated rings. The third-order valence-corrected chi connectivity index (χ3v) is 5.86. The number of ketones is 1. The Morgan fingerprint density at radius 3 is 2.26 bits per heavy atom. The average molecular weight is 334 g/mol. The van der Waals surface area contributed by atoms with Crippen molar-refractivity contribution in [3.8, 4) is 0 Å². The van der Waals surface area contributed by atoms with Crippen LogP contribution in [-0.2, 0) is 9.53 Å². The fourth-order valence-corrected chi connectivity index (χ4v) is 5.71. The average Bonchev–Trinajstić information content (AvgIpc) is 3.15. The van der Waals surface area contributed by atoms with Gasteiger partial charge in [0.2, 0.25) is 0 Å². The summed E-state index contributed by atoms with van der Waals surface area (Å²) < 4.78 is 5.23. The molecule has 1 aromatic carbocycles. The Kier molecular flexibility index (Phi) is 4.99. The molecule has 1 aliphatic heterocycles. The summed E-state index contributed by atoms with van der Waals surface area (Å²) >= 11 is 0. The lowest BCUT2D eigenvalue weighted by atomic mass is 9.95. The summed E-state index contributed by atoms with van der Waals surface area (Å²) in [5.74, 6) is 0.141. The van der Waals surface area contributed by atoms with Crippen LogP contribution >= 0.6 is 0 Å². The smallest absolute Gasteiger partial charge is 0.411 e. The molecule has 2 unspecified atom stereocenters. The number of Topliss-reactive ketones (excluding diaryl/α,β-unsaturated/α-hetero) is 1. The largest absolute Gasteiger partial charge is 0.450 e. The Labute approximate surface area is 139 Å². The fraction of sp³-hybridized carbons (Fsp3) is 0.556. The maximum absolute atomic E-state index is 12.8. The summed E-state index contributed by atoms with van der Waals surface area (Å²) in [7, 11) is -1.56. The molecular weight excluding hydrogens is 306 g/mol. The highest BCUT2D eigenvalue weighted by atomic mass is 28.3. The van der Waals surface area contributed by atoms with E-state index in [9.17, 15) is 9.59 Å². The van der Waals surface area contributed by atoms with Gasteiger partial charge in [-0.3, -0.25) is 9.69 Å². The Bertz CT molecular complexity index is 582. The van der Waals surface area contributed by atoms with Crippen molar-refractivity contribution < 1.29 is 14.3 Å². The fourth-order valence-electron chi connectivity index (χ4n) is 3.54. The van der Waals surface area contributed by atoms with Crippen molar-refractivity contribution >= 4 is 20.0 Å². The van der Waals surface area contributed by atoms with Crippen LogP contribution in [0.15, 0.2) is 30.3 Å². The maximum Gasteiger partial charge on any atom is 0.411 e. The Hall–Kier alpha value is -1.62. The van der Waals surface area contributed by atoms with E-state index >= 15 is 0 Å². The molecule has 1 saturated heterocycles. The van der Waals surface area contributed by atoms with E-state index < -0.39 is 13.6 Å². The second-order valence-electron chi connectivity index (χ2n) is 7.32. The van der Waals surface area contributed by atoms with Crippen molar-refractivity contribution in [2.75, 3.05) is 6.61 Å². The van der Waals surface area contributed by atoms with Gasteiger partial charge in [0.15, 0.2) is 5.78 Å². The highest BCUT2D eigenvalue weighted by molar-refractivity contribution is 6.76. The normalized spacial score (nSPS) is 23.5. The molecule has 1 heterocycles. The molecule has 1 aliphatic rings. The van der Waals surface area contributed by atoms with Gasteiger partial charge in [0.1, 0.15) is 5.54 Å². The Balaban J connectivity index is 2.47. The third-order valence-electron chi connectivity index (χ3n) is 4.26. The van der Waals surface area contributed by atoms with Gasteiger partial charge in [0, 0.05) is 14.5 Å². The molecule has 0 aliphatic carbocycles. The Morgan fingerprint density at radius 1 is 1.17 bits per heavy atom. The number of nitrogens with zero attached hydrogens (tertiary/aromatic N) is 1. The zero-order chi connectivity index (χ0) is 17.3. The number of carbonyl (C=O) groups excluding carboxylic acids is 2. The van der Waals surface area contributed by atoms with Crippen molar-refractivity contribution in [1.82, 2.24) is 4.90 Å². The number of benzene rings is 1. The van der Waals surface area contributed by atoms with Crippen molar-refractivity contribution in [3.05, 3.63) is 35.9 Å². The maximum atomic E-state index is 12.8. The van der Waals surface area contributed by atoms with Crippen molar-refractivity contribution in [1.29, 1.82) is 0 Å². The van der Waals surface area contributed by atoms with Crippen LogP contribution in [0.2, 0.25) is 25.7 Å². The van der Waals surface area contributed by atoms with Gasteiger partial charge in [-0.25, -0.2) is 4.79 Å². The number of hydrogen-bond donors (Lipinski definition) is 0. The molecule has 23 heavy (non-hydrogen) atoms. The summed E-state index contributed by atoms with van der Waals surface area (Å²) in [5, 5.41) is 0. The predicted octanol–water partition coefficient (Wildman–Crippen LogP) is 4.26. The van der Waals surface area contributed by atoms with Crippen LogP contribution in [0.3, 0.4) is 0 Å². The SMILES string of the molecule is CCOC(=O)N1C(c2ccccc2)C1(C[Si](C)(C)C)C(=O)CC. The zero-order valence-corrected chi connectivity index (χ0v) is 15.8. The molecule has 0 spiro atoms. The van der Waals surface area contributed by atoms with Gasteiger partial charge in [0.05, 0.1) is 12.6 Å². The van der Waals surface area contributed by atoms with Gasteiger partial charge < -0.3 is 4.74 Å². The van der Waals surface area contributed by atoms with E-state index in [1.165, 1.54) is 0 Å². The molecular formula is C18H27NO3Si. The van der Waals surface area contributed by atoms with Gasteiger partial charge in [-0.2, -0.15) is 0 Å². The lowest BCUT2D eigenvalue weighted by Crippen LogP contribution is -2.39. The van der Waals surface area contributed by atoms with E-state index in [1.54, 1.807) is 11.8 Å². The highest BCUT2D eigenvalue weighted by Crippen LogP contribution is 2.58. The Morgan fingerprint density at radius 2 is 1.78 bits per heavy atom. The minimum Gasteiger partial charge on any atom is -0.450 e. The van der Waals surface area contributed by atoms with E-state index in [-0.39, 0.29) is 17.9 Å². The molecule has 1 aromatic rings. The van der Waals surface area contributed by atoms with Gasteiger partial charge in [-0.1, -0.05) is 56.9 Å². The molecule has 0 saturated carbocycles. The number of carbonyl (C=O) groups is 2. The first-order valence-electron chi connectivity index (χ1n) is 8.32. The number of ether oxygens (including phenoxy) is 1. The summed E-state index contributed by atoms with van der Waals surface area (Å²) in [6.45, 7) is 10.7. The molecule has 0 radical (unpaired) electrons. The lowest BCUT2D eigenvalue weighted by Gasteiger charge is -2.23. The minimum absolute atomic E-state index is 0.141. The van der Waals surface area contributed by atoms with Crippen molar-refractivity contribution in [2.24, 2.45) is 0 Å². The van der Waals surface area contributed by atoms with Crippen LogP contribution in [0.25, 0.3) is 0 Å². The topological polar surface area (TPSA) is 46.4 Å². The molecule has 2 atom stereocenters. The van der Waals surface area contributed by atoms with Crippen LogP contribution in [0, 0.1) is 0 Å². The van der Waals surface area contributed by atoms with E-state index in [0.29, 0.717) is 13.0 Å². The zero-order valence-electron chi connectivity index (χ0n) is 14.8. The molecule has 5 heteroatoms.